The summed E-state index contributed by atoms with van der Waals surface area (Å²) in [6.45, 7) is 4.59. The minimum Gasteiger partial charge on any atom is -0.308 e. The van der Waals surface area contributed by atoms with Crippen LogP contribution in [0.4, 0.5) is 17.1 Å². The van der Waals surface area contributed by atoms with Gasteiger partial charge in [-0.2, -0.15) is 0 Å². The molecule has 0 radical (unpaired) electrons. The summed E-state index contributed by atoms with van der Waals surface area (Å²) in [4.78, 5) is 2.37. The van der Waals surface area contributed by atoms with Gasteiger partial charge in [0.1, 0.15) is 0 Å². The highest BCUT2D eigenvalue weighted by atomic mass is 35.5. The van der Waals surface area contributed by atoms with E-state index in [9.17, 15) is 0 Å². The lowest BCUT2D eigenvalue weighted by atomic mass is 9.55. The molecule has 1 nitrogen and oxygen atoms in total. The average Bonchev–Trinajstić information content (AvgIpc) is 2.92. The standard InChI is InChI=1S/C34H26ClN/c1-22-12-3-5-15-26(22)34-27-16-6-4-13-24(27)23(2)25-14-11-21-32(33(25)34)36(30-19-9-7-17-28(30)34)31-20-10-8-18-29(31)35/h3-21,23H,1-2H3. The van der Waals surface area contributed by atoms with Gasteiger partial charge in [0.2, 0.25) is 0 Å². The maximum atomic E-state index is 6.86. The summed E-state index contributed by atoms with van der Waals surface area (Å²) in [7, 11) is 0. The van der Waals surface area contributed by atoms with Crippen molar-refractivity contribution >= 4 is 28.7 Å². The summed E-state index contributed by atoms with van der Waals surface area (Å²) in [6.07, 6.45) is 0. The monoisotopic (exact) mass is 483 g/mol. The first kappa shape index (κ1) is 21.5. The normalized spacial score (nSPS) is 19.3. The summed E-state index contributed by atoms with van der Waals surface area (Å²) in [6, 6.07) is 41.8. The zero-order valence-electron chi connectivity index (χ0n) is 20.4. The van der Waals surface area contributed by atoms with E-state index < -0.39 is 5.41 Å². The number of halogens is 1. The fourth-order valence-electron chi connectivity index (χ4n) is 6.74. The van der Waals surface area contributed by atoms with Crippen LogP contribution in [-0.2, 0) is 5.41 Å². The van der Waals surface area contributed by atoms with Gasteiger partial charge in [0.05, 0.1) is 27.5 Å². The van der Waals surface area contributed by atoms with Crippen LogP contribution in [0.25, 0.3) is 0 Å². The van der Waals surface area contributed by atoms with Gasteiger partial charge in [-0.3, -0.25) is 0 Å². The Morgan fingerprint density at radius 3 is 1.94 bits per heavy atom. The predicted molar refractivity (Wildman–Crippen MR) is 150 cm³/mol. The number of anilines is 3. The van der Waals surface area contributed by atoms with Gasteiger partial charge in [-0.25, -0.2) is 0 Å². The van der Waals surface area contributed by atoms with Crippen molar-refractivity contribution in [2.45, 2.75) is 25.2 Å². The van der Waals surface area contributed by atoms with Crippen LogP contribution in [0.2, 0.25) is 5.02 Å². The van der Waals surface area contributed by atoms with Crippen molar-refractivity contribution in [3.63, 3.8) is 0 Å². The number of hydrogen-bond acceptors (Lipinski definition) is 1. The minimum absolute atomic E-state index is 0.284. The fraction of sp³-hybridized carbons (Fsp3) is 0.118. The predicted octanol–water partition coefficient (Wildman–Crippen LogP) is 9.28. The number of nitrogens with zero attached hydrogens (tertiary/aromatic N) is 1. The van der Waals surface area contributed by atoms with Crippen LogP contribution < -0.4 is 4.90 Å². The second-order valence-electron chi connectivity index (χ2n) is 9.92. The Bertz CT molecular complexity index is 1650. The summed E-state index contributed by atoms with van der Waals surface area (Å²) >= 11 is 6.86. The molecule has 2 aliphatic rings. The highest BCUT2D eigenvalue weighted by Gasteiger charge is 2.52. The molecule has 1 heterocycles. The van der Waals surface area contributed by atoms with E-state index in [0.717, 1.165) is 10.7 Å². The summed E-state index contributed by atoms with van der Waals surface area (Å²) in [5.74, 6) is 0.284. The number of rotatable bonds is 2. The van der Waals surface area contributed by atoms with E-state index in [4.69, 9.17) is 11.6 Å². The molecule has 0 fully saturated rings. The molecule has 0 N–H and O–H groups in total. The molecule has 0 bridgehead atoms. The maximum Gasteiger partial charge on any atom is 0.0750 e. The van der Waals surface area contributed by atoms with E-state index in [-0.39, 0.29) is 5.92 Å². The first-order valence-electron chi connectivity index (χ1n) is 12.6. The van der Waals surface area contributed by atoms with Gasteiger partial charge in [0.15, 0.2) is 0 Å². The molecule has 2 unspecified atom stereocenters. The van der Waals surface area contributed by atoms with Crippen LogP contribution >= 0.6 is 11.6 Å². The molecule has 5 aromatic carbocycles. The fourth-order valence-corrected chi connectivity index (χ4v) is 6.96. The molecule has 0 spiro atoms. The Morgan fingerprint density at radius 1 is 0.583 bits per heavy atom. The van der Waals surface area contributed by atoms with Gasteiger partial charge < -0.3 is 4.90 Å². The van der Waals surface area contributed by atoms with Crippen LogP contribution in [0.3, 0.4) is 0 Å². The average molecular weight is 484 g/mol. The van der Waals surface area contributed by atoms with Crippen molar-refractivity contribution in [2.24, 2.45) is 0 Å². The van der Waals surface area contributed by atoms with Gasteiger partial charge in [0.25, 0.3) is 0 Å². The second kappa shape index (κ2) is 7.85. The molecular weight excluding hydrogens is 458 g/mol. The minimum atomic E-state index is -0.422. The van der Waals surface area contributed by atoms with Crippen LogP contribution in [0.1, 0.15) is 51.8 Å². The van der Waals surface area contributed by atoms with Crippen molar-refractivity contribution in [1.82, 2.24) is 0 Å². The van der Waals surface area contributed by atoms with Crippen LogP contribution in [0.5, 0.6) is 0 Å². The van der Waals surface area contributed by atoms with E-state index >= 15 is 0 Å². The van der Waals surface area contributed by atoms with Crippen molar-refractivity contribution < 1.29 is 0 Å². The van der Waals surface area contributed by atoms with Crippen molar-refractivity contribution in [3.8, 4) is 0 Å². The Balaban J connectivity index is 1.72. The Kier molecular flexibility index (Phi) is 4.68. The molecule has 0 saturated heterocycles. The largest absolute Gasteiger partial charge is 0.308 e. The molecule has 1 aliphatic heterocycles. The molecular formula is C34H26ClN. The number of hydrogen-bond donors (Lipinski definition) is 0. The van der Waals surface area contributed by atoms with Crippen molar-refractivity contribution in [3.05, 3.63) is 159 Å². The lowest BCUT2D eigenvalue weighted by Gasteiger charge is -2.51. The number of benzene rings is 5. The maximum absolute atomic E-state index is 6.86. The molecule has 36 heavy (non-hydrogen) atoms. The molecule has 0 saturated carbocycles. The molecule has 174 valence electrons. The van der Waals surface area contributed by atoms with Gasteiger partial charge in [-0.15, -0.1) is 0 Å². The molecule has 1 aliphatic carbocycles. The lowest BCUT2D eigenvalue weighted by Crippen LogP contribution is -2.42. The smallest absolute Gasteiger partial charge is 0.0750 e. The SMILES string of the molecule is Cc1ccccc1C12c3ccccc3C(C)c3cccc(c31)N(c1ccccc1Cl)c1ccccc12. The second-order valence-corrected chi connectivity index (χ2v) is 10.3. The lowest BCUT2D eigenvalue weighted by molar-refractivity contribution is 0.658. The van der Waals surface area contributed by atoms with Crippen LogP contribution in [0, 0.1) is 6.92 Å². The third kappa shape index (κ3) is 2.67. The third-order valence-electron chi connectivity index (χ3n) is 8.18. The van der Waals surface area contributed by atoms with Crippen molar-refractivity contribution in [1.29, 1.82) is 0 Å². The summed E-state index contributed by atoms with van der Waals surface area (Å²) < 4.78 is 0. The van der Waals surface area contributed by atoms with Gasteiger partial charge in [-0.1, -0.05) is 110 Å². The highest BCUT2D eigenvalue weighted by molar-refractivity contribution is 6.33. The molecule has 0 amide bonds. The Morgan fingerprint density at radius 2 is 1.17 bits per heavy atom. The van der Waals surface area contributed by atoms with Crippen LogP contribution in [0.15, 0.2) is 115 Å². The molecule has 7 rings (SSSR count). The third-order valence-corrected chi connectivity index (χ3v) is 8.50. The van der Waals surface area contributed by atoms with E-state index in [0.29, 0.717) is 0 Å². The number of aryl methyl sites for hydroxylation is 1. The number of fused-ring (bicyclic) bond motifs is 4. The van der Waals surface area contributed by atoms with E-state index in [1.54, 1.807) is 0 Å². The molecule has 2 atom stereocenters. The molecule has 0 aromatic heterocycles. The van der Waals surface area contributed by atoms with E-state index in [2.05, 4.69) is 122 Å². The zero-order valence-corrected chi connectivity index (χ0v) is 21.1. The first-order valence-corrected chi connectivity index (χ1v) is 12.9. The quantitative estimate of drug-likeness (QED) is 0.237. The summed E-state index contributed by atoms with van der Waals surface area (Å²) in [5.41, 5.74) is 12.4. The van der Waals surface area contributed by atoms with Gasteiger partial charge in [0, 0.05) is 5.92 Å². The Labute approximate surface area is 217 Å². The zero-order chi connectivity index (χ0) is 24.4. The van der Waals surface area contributed by atoms with Gasteiger partial charge >= 0.3 is 0 Å². The highest BCUT2D eigenvalue weighted by Crippen LogP contribution is 2.63. The van der Waals surface area contributed by atoms with E-state index in [1.807, 2.05) is 12.1 Å². The van der Waals surface area contributed by atoms with E-state index in [1.165, 1.54) is 50.3 Å². The number of para-hydroxylation sites is 2. The first-order chi connectivity index (χ1) is 17.6. The van der Waals surface area contributed by atoms with Gasteiger partial charge in [-0.05, 0) is 70.1 Å². The topological polar surface area (TPSA) is 3.24 Å². The Hall–Kier alpha value is -3.81. The van der Waals surface area contributed by atoms with Crippen molar-refractivity contribution in [2.75, 3.05) is 4.90 Å². The molecule has 2 heteroatoms. The summed E-state index contributed by atoms with van der Waals surface area (Å²) in [5, 5.41) is 0.748. The molecule has 5 aromatic rings. The van der Waals surface area contributed by atoms with Crippen LogP contribution in [-0.4, -0.2) is 0 Å².